The van der Waals surface area contributed by atoms with Crippen LogP contribution in [-0.4, -0.2) is 32.8 Å². The molecule has 0 aromatic carbocycles. The lowest BCUT2D eigenvalue weighted by Gasteiger charge is -2.39. The molecular formula is C14H24O4Si. The van der Waals surface area contributed by atoms with Crippen LogP contribution in [0.2, 0.25) is 18.1 Å². The highest BCUT2D eigenvalue weighted by atomic mass is 28.4. The van der Waals surface area contributed by atoms with Gasteiger partial charge in [0.05, 0.1) is 12.5 Å². The highest BCUT2D eigenvalue weighted by Gasteiger charge is 2.53. The first-order valence-corrected chi connectivity index (χ1v) is 9.89. The first-order chi connectivity index (χ1) is 8.65. The Morgan fingerprint density at radius 3 is 2.53 bits per heavy atom. The summed E-state index contributed by atoms with van der Waals surface area (Å²) in [5.41, 5.74) is 0. The van der Waals surface area contributed by atoms with Gasteiger partial charge in [-0.25, -0.2) is 0 Å². The zero-order valence-electron chi connectivity index (χ0n) is 12.4. The van der Waals surface area contributed by atoms with Gasteiger partial charge in [-0.2, -0.15) is 0 Å². The first-order valence-electron chi connectivity index (χ1n) is 6.98. The van der Waals surface area contributed by atoms with Crippen LogP contribution in [0.1, 0.15) is 33.6 Å². The van der Waals surface area contributed by atoms with E-state index in [4.69, 9.17) is 9.16 Å². The fourth-order valence-electron chi connectivity index (χ4n) is 2.77. The van der Waals surface area contributed by atoms with E-state index < -0.39 is 8.32 Å². The summed E-state index contributed by atoms with van der Waals surface area (Å²) >= 11 is 0. The minimum Gasteiger partial charge on any atom is -0.462 e. The average Bonchev–Trinajstić information content (AvgIpc) is 2.70. The maximum atomic E-state index is 11.4. The SMILES string of the molecule is CC(C)(C)[Si](C)(C)O[C@H]1C[C@@H]2OC(=O)C[C@@H]2[C@@H]1C=O. The van der Waals surface area contributed by atoms with Gasteiger partial charge in [0.15, 0.2) is 8.32 Å². The van der Waals surface area contributed by atoms with Gasteiger partial charge in [-0.3, -0.25) is 4.79 Å². The molecule has 0 spiro atoms. The Labute approximate surface area is 116 Å². The van der Waals surface area contributed by atoms with Gasteiger partial charge in [0.1, 0.15) is 12.4 Å². The van der Waals surface area contributed by atoms with Gasteiger partial charge in [-0.1, -0.05) is 20.8 Å². The molecular weight excluding hydrogens is 260 g/mol. The number of rotatable bonds is 3. The fourth-order valence-corrected chi connectivity index (χ4v) is 4.13. The predicted molar refractivity (Wildman–Crippen MR) is 74.2 cm³/mol. The molecule has 1 aliphatic carbocycles. The average molecular weight is 284 g/mol. The van der Waals surface area contributed by atoms with Crippen LogP contribution in [-0.2, 0) is 18.8 Å². The lowest BCUT2D eigenvalue weighted by Crippen LogP contribution is -2.45. The number of esters is 1. The van der Waals surface area contributed by atoms with Crippen molar-refractivity contribution in [1.82, 2.24) is 0 Å². The Morgan fingerprint density at radius 2 is 2.00 bits per heavy atom. The van der Waals surface area contributed by atoms with E-state index >= 15 is 0 Å². The molecule has 0 N–H and O–H groups in total. The number of fused-ring (bicyclic) bond motifs is 1. The van der Waals surface area contributed by atoms with E-state index in [2.05, 4.69) is 33.9 Å². The van der Waals surface area contributed by atoms with Crippen LogP contribution in [0.4, 0.5) is 0 Å². The smallest absolute Gasteiger partial charge is 0.306 e. The van der Waals surface area contributed by atoms with Crippen LogP contribution in [0, 0.1) is 11.8 Å². The van der Waals surface area contributed by atoms with Gasteiger partial charge in [-0.05, 0) is 18.1 Å². The van der Waals surface area contributed by atoms with Crippen molar-refractivity contribution in [3.8, 4) is 0 Å². The van der Waals surface area contributed by atoms with E-state index in [-0.39, 0.29) is 35.1 Å². The third kappa shape index (κ3) is 2.63. The Balaban J connectivity index is 2.11. The van der Waals surface area contributed by atoms with Crippen molar-refractivity contribution in [2.45, 2.75) is 64.0 Å². The predicted octanol–water partition coefficient (Wildman–Crippen LogP) is 2.53. The largest absolute Gasteiger partial charge is 0.462 e. The molecule has 19 heavy (non-hydrogen) atoms. The van der Waals surface area contributed by atoms with Crippen LogP contribution in [0.15, 0.2) is 0 Å². The summed E-state index contributed by atoms with van der Waals surface area (Å²) in [5.74, 6) is -0.335. The van der Waals surface area contributed by atoms with Crippen molar-refractivity contribution in [2.24, 2.45) is 11.8 Å². The number of carbonyl (C=O) groups excluding carboxylic acids is 2. The molecule has 1 aliphatic heterocycles. The van der Waals surface area contributed by atoms with Crippen molar-refractivity contribution in [3.63, 3.8) is 0 Å². The third-order valence-corrected chi connectivity index (χ3v) is 9.46. The van der Waals surface area contributed by atoms with Crippen LogP contribution in [0.5, 0.6) is 0 Å². The van der Waals surface area contributed by atoms with E-state index in [1.54, 1.807) is 0 Å². The minimum absolute atomic E-state index is 0.0276. The number of ether oxygens (including phenoxy) is 1. The third-order valence-electron chi connectivity index (χ3n) is 4.96. The van der Waals surface area contributed by atoms with E-state index in [0.717, 1.165) is 6.29 Å². The van der Waals surface area contributed by atoms with Crippen molar-refractivity contribution in [2.75, 3.05) is 0 Å². The fraction of sp³-hybridized carbons (Fsp3) is 0.857. The van der Waals surface area contributed by atoms with Crippen molar-refractivity contribution < 1.29 is 18.8 Å². The molecule has 1 saturated heterocycles. The summed E-state index contributed by atoms with van der Waals surface area (Å²) in [5, 5.41) is 0.120. The van der Waals surface area contributed by atoms with Crippen molar-refractivity contribution >= 4 is 20.6 Å². The maximum Gasteiger partial charge on any atom is 0.306 e. The molecule has 1 saturated carbocycles. The molecule has 2 rings (SSSR count). The summed E-state index contributed by atoms with van der Waals surface area (Å²) in [6.45, 7) is 10.9. The van der Waals surface area contributed by atoms with E-state index in [0.29, 0.717) is 12.8 Å². The van der Waals surface area contributed by atoms with E-state index in [1.165, 1.54) is 0 Å². The van der Waals surface area contributed by atoms with Gasteiger partial charge in [0, 0.05) is 18.3 Å². The van der Waals surface area contributed by atoms with Crippen LogP contribution in [0.3, 0.4) is 0 Å². The van der Waals surface area contributed by atoms with Gasteiger partial charge < -0.3 is 14.0 Å². The Morgan fingerprint density at radius 1 is 1.37 bits per heavy atom. The maximum absolute atomic E-state index is 11.4. The normalized spacial score (nSPS) is 35.1. The molecule has 5 heteroatoms. The molecule has 0 aromatic rings. The summed E-state index contributed by atoms with van der Waals surface area (Å²) < 4.78 is 11.6. The molecule has 4 nitrogen and oxygen atoms in total. The molecule has 1 heterocycles. The first kappa shape index (κ1) is 14.7. The van der Waals surface area contributed by atoms with Crippen molar-refractivity contribution in [1.29, 1.82) is 0 Å². The van der Waals surface area contributed by atoms with Gasteiger partial charge in [0.2, 0.25) is 0 Å². The molecule has 0 aromatic heterocycles. The molecule has 0 unspecified atom stereocenters. The second-order valence-corrected chi connectivity index (χ2v) is 12.0. The molecule has 0 radical (unpaired) electrons. The molecule has 0 bridgehead atoms. The highest BCUT2D eigenvalue weighted by Crippen LogP contribution is 2.45. The quantitative estimate of drug-likeness (QED) is 0.454. The van der Waals surface area contributed by atoms with Crippen LogP contribution >= 0.6 is 0 Å². The van der Waals surface area contributed by atoms with E-state index in [9.17, 15) is 9.59 Å². The lowest BCUT2D eigenvalue weighted by molar-refractivity contribution is -0.141. The van der Waals surface area contributed by atoms with Crippen LogP contribution in [0.25, 0.3) is 0 Å². The van der Waals surface area contributed by atoms with Crippen molar-refractivity contribution in [3.05, 3.63) is 0 Å². The molecule has 4 atom stereocenters. The topological polar surface area (TPSA) is 52.6 Å². The number of aldehydes is 1. The lowest BCUT2D eigenvalue weighted by atomic mass is 9.94. The Bertz CT molecular complexity index is 385. The number of hydrogen-bond acceptors (Lipinski definition) is 4. The van der Waals surface area contributed by atoms with Gasteiger partial charge in [-0.15, -0.1) is 0 Å². The standard InChI is InChI=1S/C14H24O4Si/c1-14(2,3)19(4,5)18-12-7-11-9(10(12)8-15)6-13(16)17-11/h8-12H,6-7H2,1-5H3/t9-,10+,11+,12+/m1/s1. The number of hydrogen-bond donors (Lipinski definition) is 0. The monoisotopic (exact) mass is 284 g/mol. The summed E-state index contributed by atoms with van der Waals surface area (Å²) in [7, 11) is -1.89. The van der Waals surface area contributed by atoms with Gasteiger partial charge in [0.25, 0.3) is 0 Å². The highest BCUT2D eigenvalue weighted by molar-refractivity contribution is 6.74. The molecule has 2 aliphatic rings. The van der Waals surface area contributed by atoms with Gasteiger partial charge >= 0.3 is 5.97 Å². The number of carbonyl (C=O) groups is 2. The minimum atomic E-state index is -1.89. The zero-order valence-corrected chi connectivity index (χ0v) is 13.4. The molecule has 0 amide bonds. The summed E-state index contributed by atoms with van der Waals surface area (Å²) in [4.78, 5) is 22.7. The van der Waals surface area contributed by atoms with E-state index in [1.807, 2.05) is 0 Å². The summed E-state index contributed by atoms with van der Waals surface area (Å²) in [6.07, 6.45) is 1.81. The van der Waals surface area contributed by atoms with Crippen LogP contribution < -0.4 is 0 Å². The second-order valence-electron chi connectivity index (χ2n) is 7.26. The second kappa shape index (κ2) is 4.70. The Kier molecular flexibility index (Phi) is 3.64. The molecule has 2 fully saturated rings. The summed E-state index contributed by atoms with van der Waals surface area (Å²) in [6, 6.07) is 0. The zero-order chi connectivity index (χ0) is 14.4. The Hall–Kier alpha value is -0.683. The molecule has 108 valence electrons.